The Morgan fingerprint density at radius 1 is 1.13 bits per heavy atom. The van der Waals surface area contributed by atoms with Crippen molar-refractivity contribution < 1.29 is 8.91 Å². The molecule has 0 N–H and O–H groups in total. The molecule has 0 amide bonds. The summed E-state index contributed by atoms with van der Waals surface area (Å²) in [5.41, 5.74) is 1.17. The summed E-state index contributed by atoms with van der Waals surface area (Å²) in [6.07, 6.45) is 0.873. The zero-order chi connectivity index (χ0) is 21.1. The quantitative estimate of drug-likeness (QED) is 0.310. The van der Waals surface area contributed by atoms with Gasteiger partial charge in [0.1, 0.15) is 5.82 Å². The van der Waals surface area contributed by atoms with Gasteiger partial charge < -0.3 is 4.52 Å². The number of para-hydroxylation sites is 1. The first-order valence-electron chi connectivity index (χ1n) is 9.72. The van der Waals surface area contributed by atoms with Gasteiger partial charge in [-0.05, 0) is 36.6 Å². The summed E-state index contributed by atoms with van der Waals surface area (Å²) in [4.78, 5) is 22.1. The highest BCUT2D eigenvalue weighted by Gasteiger charge is 2.15. The fourth-order valence-corrected chi connectivity index (χ4v) is 3.89. The van der Waals surface area contributed by atoms with Crippen molar-refractivity contribution in [2.45, 2.75) is 37.7 Å². The second kappa shape index (κ2) is 8.79. The van der Waals surface area contributed by atoms with Crippen molar-refractivity contribution in [3.8, 4) is 11.4 Å². The van der Waals surface area contributed by atoms with E-state index in [0.29, 0.717) is 51.6 Å². The maximum absolute atomic E-state index is 13.4. The topological polar surface area (TPSA) is 73.8 Å². The molecule has 154 valence electrons. The van der Waals surface area contributed by atoms with E-state index in [9.17, 15) is 9.18 Å². The summed E-state index contributed by atoms with van der Waals surface area (Å²) in [6, 6.07) is 13.4. The van der Waals surface area contributed by atoms with Crippen LogP contribution in [0.15, 0.2) is 63.0 Å². The molecule has 4 aromatic rings. The third-order valence-electron chi connectivity index (χ3n) is 4.63. The number of fused-ring (bicyclic) bond motifs is 1. The molecule has 0 atom stereocenters. The molecule has 2 aromatic carbocycles. The van der Waals surface area contributed by atoms with E-state index in [2.05, 4.69) is 24.0 Å². The van der Waals surface area contributed by atoms with Crippen molar-refractivity contribution >= 4 is 22.7 Å². The monoisotopic (exact) mass is 424 g/mol. The molecule has 0 saturated heterocycles. The van der Waals surface area contributed by atoms with Crippen LogP contribution in [0.25, 0.3) is 22.3 Å². The van der Waals surface area contributed by atoms with Crippen molar-refractivity contribution in [1.82, 2.24) is 19.7 Å². The van der Waals surface area contributed by atoms with E-state index in [0.717, 1.165) is 6.42 Å². The van der Waals surface area contributed by atoms with Crippen molar-refractivity contribution in [2.24, 2.45) is 5.92 Å². The minimum absolute atomic E-state index is 0.0465. The second-order valence-corrected chi connectivity index (χ2v) is 8.30. The third kappa shape index (κ3) is 4.43. The lowest BCUT2D eigenvalue weighted by molar-refractivity contribution is 0.391. The molecule has 4 rings (SSSR count). The standard InChI is InChI=1S/C22H21FN4O2S/c1-14(2)10-11-27-21(28)17-8-3-4-9-18(17)24-22(27)30-13-19-25-20(26-29-19)15-6-5-7-16(23)12-15/h3-9,12,14H,10-11,13H2,1-2H3. The molecule has 2 aromatic heterocycles. The molecule has 30 heavy (non-hydrogen) atoms. The molecule has 0 saturated carbocycles. The summed E-state index contributed by atoms with van der Waals surface area (Å²) in [7, 11) is 0. The van der Waals surface area contributed by atoms with E-state index in [1.54, 1.807) is 22.8 Å². The van der Waals surface area contributed by atoms with Gasteiger partial charge in [0.05, 0.1) is 16.7 Å². The van der Waals surface area contributed by atoms with Crippen LogP contribution >= 0.6 is 11.8 Å². The van der Waals surface area contributed by atoms with Crippen LogP contribution in [0.5, 0.6) is 0 Å². The van der Waals surface area contributed by atoms with Crippen LogP contribution < -0.4 is 5.56 Å². The van der Waals surface area contributed by atoms with Gasteiger partial charge in [0.25, 0.3) is 5.56 Å². The predicted molar refractivity (Wildman–Crippen MR) is 115 cm³/mol. The minimum atomic E-state index is -0.359. The van der Waals surface area contributed by atoms with E-state index in [4.69, 9.17) is 9.51 Å². The van der Waals surface area contributed by atoms with Gasteiger partial charge in [-0.1, -0.05) is 55.0 Å². The maximum Gasteiger partial charge on any atom is 0.262 e. The molecule has 2 heterocycles. The van der Waals surface area contributed by atoms with Crippen molar-refractivity contribution in [1.29, 1.82) is 0 Å². The fraction of sp³-hybridized carbons (Fsp3) is 0.273. The van der Waals surface area contributed by atoms with Crippen LogP contribution in [-0.4, -0.2) is 19.7 Å². The zero-order valence-corrected chi connectivity index (χ0v) is 17.5. The molecule has 0 aliphatic carbocycles. The van der Waals surface area contributed by atoms with Gasteiger partial charge in [0.15, 0.2) is 5.16 Å². The van der Waals surface area contributed by atoms with E-state index in [-0.39, 0.29) is 11.4 Å². The van der Waals surface area contributed by atoms with E-state index >= 15 is 0 Å². The van der Waals surface area contributed by atoms with Gasteiger partial charge in [0.2, 0.25) is 11.7 Å². The van der Waals surface area contributed by atoms with Crippen LogP contribution in [0.1, 0.15) is 26.2 Å². The number of benzene rings is 2. The molecule has 6 nitrogen and oxygen atoms in total. The molecule has 0 aliphatic rings. The van der Waals surface area contributed by atoms with Crippen molar-refractivity contribution in [3.05, 3.63) is 70.6 Å². The van der Waals surface area contributed by atoms with Gasteiger partial charge in [0, 0.05) is 12.1 Å². The molecule has 0 aliphatic heterocycles. The van der Waals surface area contributed by atoms with Crippen LogP contribution in [0.2, 0.25) is 0 Å². The van der Waals surface area contributed by atoms with E-state index in [1.807, 2.05) is 18.2 Å². The molecule has 0 unspecified atom stereocenters. The number of rotatable bonds is 7. The lowest BCUT2D eigenvalue weighted by Crippen LogP contribution is -2.24. The highest BCUT2D eigenvalue weighted by Crippen LogP contribution is 2.24. The van der Waals surface area contributed by atoms with Gasteiger partial charge >= 0.3 is 0 Å². The maximum atomic E-state index is 13.4. The molecular formula is C22H21FN4O2S. The van der Waals surface area contributed by atoms with Crippen molar-refractivity contribution in [2.75, 3.05) is 0 Å². The smallest absolute Gasteiger partial charge is 0.262 e. The Labute approximate surface area is 177 Å². The van der Waals surface area contributed by atoms with Gasteiger partial charge in [-0.25, -0.2) is 9.37 Å². The number of thioether (sulfide) groups is 1. The van der Waals surface area contributed by atoms with Crippen LogP contribution in [-0.2, 0) is 12.3 Å². The SMILES string of the molecule is CC(C)CCn1c(SCc2nc(-c3cccc(F)c3)no2)nc2ccccc2c1=O. The average molecular weight is 425 g/mol. The number of aromatic nitrogens is 4. The number of halogens is 1. The van der Waals surface area contributed by atoms with E-state index < -0.39 is 0 Å². The van der Waals surface area contributed by atoms with Crippen LogP contribution in [0, 0.1) is 11.7 Å². The first-order chi connectivity index (χ1) is 14.5. The fourth-order valence-electron chi connectivity index (χ4n) is 3.03. The Morgan fingerprint density at radius 2 is 1.97 bits per heavy atom. The minimum Gasteiger partial charge on any atom is -0.338 e. The normalized spacial score (nSPS) is 11.5. The highest BCUT2D eigenvalue weighted by molar-refractivity contribution is 7.98. The van der Waals surface area contributed by atoms with Crippen LogP contribution in [0.3, 0.4) is 0 Å². The third-order valence-corrected chi connectivity index (χ3v) is 5.59. The first kappa shape index (κ1) is 20.3. The molecule has 0 radical (unpaired) electrons. The summed E-state index contributed by atoms with van der Waals surface area (Å²) in [6.45, 7) is 4.84. The Bertz CT molecular complexity index is 1240. The van der Waals surface area contributed by atoms with Gasteiger partial charge in [-0.3, -0.25) is 9.36 Å². The van der Waals surface area contributed by atoms with Crippen LogP contribution in [0.4, 0.5) is 4.39 Å². The van der Waals surface area contributed by atoms with Crippen molar-refractivity contribution in [3.63, 3.8) is 0 Å². The zero-order valence-electron chi connectivity index (χ0n) is 16.7. The Kier molecular flexibility index (Phi) is 5.94. The summed E-state index contributed by atoms with van der Waals surface area (Å²) < 4.78 is 20.5. The van der Waals surface area contributed by atoms with Gasteiger partial charge in [-0.2, -0.15) is 4.98 Å². The lowest BCUT2D eigenvalue weighted by Gasteiger charge is -2.13. The Morgan fingerprint density at radius 3 is 2.77 bits per heavy atom. The number of nitrogens with zero attached hydrogens (tertiary/aromatic N) is 4. The van der Waals surface area contributed by atoms with E-state index in [1.165, 1.54) is 23.9 Å². The van der Waals surface area contributed by atoms with Gasteiger partial charge in [-0.15, -0.1) is 0 Å². The Balaban J connectivity index is 1.60. The predicted octanol–water partition coefficient (Wildman–Crippen LogP) is 4.92. The number of hydrogen-bond donors (Lipinski definition) is 0. The molecule has 0 bridgehead atoms. The summed E-state index contributed by atoms with van der Waals surface area (Å²) >= 11 is 1.37. The molecule has 0 spiro atoms. The average Bonchev–Trinajstić information content (AvgIpc) is 3.21. The first-order valence-corrected chi connectivity index (χ1v) is 10.7. The highest BCUT2D eigenvalue weighted by atomic mass is 32.2. The lowest BCUT2D eigenvalue weighted by atomic mass is 10.1. The molecule has 0 fully saturated rings. The largest absolute Gasteiger partial charge is 0.338 e. The molecular weight excluding hydrogens is 403 g/mol. The Hall–Kier alpha value is -3.00. The molecule has 8 heteroatoms. The summed E-state index contributed by atoms with van der Waals surface area (Å²) in [5, 5.41) is 5.16. The number of hydrogen-bond acceptors (Lipinski definition) is 6. The second-order valence-electron chi connectivity index (χ2n) is 7.36. The summed E-state index contributed by atoms with van der Waals surface area (Å²) in [5.74, 6) is 1.17.